The topological polar surface area (TPSA) is 26.3 Å². The molecule has 0 spiro atoms. The van der Waals surface area contributed by atoms with Gasteiger partial charge in [0.1, 0.15) is 11.6 Å². The Balaban J connectivity index is 1.89. The molecule has 1 aliphatic carbocycles. The van der Waals surface area contributed by atoms with E-state index in [0.717, 1.165) is 12.0 Å². The zero-order chi connectivity index (χ0) is 18.9. The van der Waals surface area contributed by atoms with E-state index < -0.39 is 5.60 Å². The highest BCUT2D eigenvalue weighted by atomic mass is 19.1. The SMILES string of the molecule is C=CC[C@H]1C[C@]2(C(C)Cc3cc(F)c(CC)cc3F)OCCC2=CC1=O. The molecule has 1 aliphatic heterocycles. The summed E-state index contributed by atoms with van der Waals surface area (Å²) in [4.78, 5) is 12.3. The molecule has 1 aromatic carbocycles. The molecule has 0 radical (unpaired) electrons. The fourth-order valence-corrected chi connectivity index (χ4v) is 4.40. The Hall–Kier alpha value is -1.81. The first kappa shape index (κ1) is 19.0. The summed E-state index contributed by atoms with van der Waals surface area (Å²) in [6.07, 6.45) is 6.23. The van der Waals surface area contributed by atoms with Gasteiger partial charge in [0, 0.05) is 5.92 Å². The summed E-state index contributed by atoms with van der Waals surface area (Å²) in [6.45, 7) is 8.12. The second kappa shape index (κ2) is 7.43. The van der Waals surface area contributed by atoms with Crippen molar-refractivity contribution in [3.63, 3.8) is 0 Å². The van der Waals surface area contributed by atoms with Crippen LogP contribution in [0, 0.1) is 23.5 Å². The fraction of sp³-hybridized carbons (Fsp3) is 0.500. The number of halogens is 2. The molecule has 1 aromatic rings. The molecule has 0 bridgehead atoms. The van der Waals surface area contributed by atoms with Crippen molar-refractivity contribution in [2.24, 2.45) is 11.8 Å². The number of allylic oxidation sites excluding steroid dienone is 2. The molecule has 1 fully saturated rings. The van der Waals surface area contributed by atoms with E-state index in [2.05, 4.69) is 6.58 Å². The molecule has 26 heavy (non-hydrogen) atoms. The second-order valence-electron chi connectivity index (χ2n) is 7.48. The maximum absolute atomic E-state index is 14.5. The first-order chi connectivity index (χ1) is 12.4. The Labute approximate surface area is 153 Å². The largest absolute Gasteiger partial charge is 0.370 e. The van der Waals surface area contributed by atoms with E-state index in [0.29, 0.717) is 43.4 Å². The van der Waals surface area contributed by atoms with Gasteiger partial charge in [0.05, 0.1) is 12.2 Å². The minimum Gasteiger partial charge on any atom is -0.370 e. The van der Waals surface area contributed by atoms with Gasteiger partial charge in [-0.25, -0.2) is 8.78 Å². The lowest BCUT2D eigenvalue weighted by Crippen LogP contribution is -2.44. The standard InChI is InChI=1S/C22H26F2O2/c1-4-6-16-13-22(18(7-8-26-22)12-21(16)25)14(3)9-17-11-19(23)15(5-2)10-20(17)24/h4,10-12,14,16H,1,5-9,13H2,2-3H3/t14?,16-,22+/m0/s1. The highest BCUT2D eigenvalue weighted by Crippen LogP contribution is 2.47. The van der Waals surface area contributed by atoms with Gasteiger partial charge in [0.15, 0.2) is 5.78 Å². The second-order valence-corrected chi connectivity index (χ2v) is 7.48. The van der Waals surface area contributed by atoms with Gasteiger partial charge in [-0.3, -0.25) is 4.79 Å². The third-order valence-corrected chi connectivity index (χ3v) is 5.91. The lowest BCUT2D eigenvalue weighted by atomic mass is 9.68. The van der Waals surface area contributed by atoms with Crippen LogP contribution in [0.3, 0.4) is 0 Å². The van der Waals surface area contributed by atoms with Crippen LogP contribution in [0.15, 0.2) is 36.4 Å². The average Bonchev–Trinajstić information content (AvgIpc) is 3.02. The zero-order valence-electron chi connectivity index (χ0n) is 15.5. The first-order valence-electron chi connectivity index (χ1n) is 9.37. The molecule has 0 amide bonds. The van der Waals surface area contributed by atoms with E-state index in [1.807, 2.05) is 6.92 Å². The van der Waals surface area contributed by atoms with Crippen molar-refractivity contribution in [1.82, 2.24) is 0 Å². The molecule has 0 aromatic heterocycles. The number of aryl methyl sites for hydroxylation is 1. The third kappa shape index (κ3) is 3.27. The molecule has 3 atom stereocenters. The molecule has 1 heterocycles. The van der Waals surface area contributed by atoms with Gasteiger partial charge in [0.2, 0.25) is 0 Å². The fourth-order valence-electron chi connectivity index (χ4n) is 4.40. The van der Waals surface area contributed by atoms with E-state index >= 15 is 0 Å². The smallest absolute Gasteiger partial charge is 0.159 e. The Morgan fingerprint density at radius 3 is 2.73 bits per heavy atom. The van der Waals surface area contributed by atoms with Gasteiger partial charge in [0.25, 0.3) is 0 Å². The summed E-state index contributed by atoms with van der Waals surface area (Å²) in [5.74, 6) is -0.818. The van der Waals surface area contributed by atoms with Crippen molar-refractivity contribution in [2.75, 3.05) is 6.61 Å². The number of carbonyl (C=O) groups is 1. The number of rotatable bonds is 6. The summed E-state index contributed by atoms with van der Waals surface area (Å²) in [5.41, 5.74) is 1.20. The monoisotopic (exact) mass is 360 g/mol. The maximum Gasteiger partial charge on any atom is 0.159 e. The van der Waals surface area contributed by atoms with Crippen molar-refractivity contribution in [3.05, 3.63) is 59.2 Å². The van der Waals surface area contributed by atoms with Crippen molar-refractivity contribution >= 4 is 5.78 Å². The minimum atomic E-state index is -0.562. The van der Waals surface area contributed by atoms with E-state index in [1.165, 1.54) is 12.1 Å². The third-order valence-electron chi connectivity index (χ3n) is 5.91. The van der Waals surface area contributed by atoms with Crippen molar-refractivity contribution in [2.45, 2.75) is 51.6 Å². The van der Waals surface area contributed by atoms with E-state index in [4.69, 9.17) is 4.74 Å². The highest BCUT2D eigenvalue weighted by Gasteiger charge is 2.49. The molecule has 0 saturated carbocycles. The van der Waals surface area contributed by atoms with Gasteiger partial charge < -0.3 is 4.74 Å². The van der Waals surface area contributed by atoms with Crippen LogP contribution in [-0.2, 0) is 22.4 Å². The van der Waals surface area contributed by atoms with Crippen LogP contribution in [0.5, 0.6) is 0 Å². The number of benzene rings is 1. The highest BCUT2D eigenvalue weighted by molar-refractivity contribution is 5.94. The molecule has 0 N–H and O–H groups in total. The molecule has 2 nitrogen and oxygen atoms in total. The molecular formula is C22H26F2O2. The van der Waals surface area contributed by atoms with Crippen LogP contribution in [0.2, 0.25) is 0 Å². The molecule has 140 valence electrons. The quantitative estimate of drug-likeness (QED) is 0.671. The molecular weight excluding hydrogens is 334 g/mol. The van der Waals surface area contributed by atoms with Crippen LogP contribution >= 0.6 is 0 Å². The number of ether oxygens (including phenoxy) is 1. The predicted molar refractivity (Wildman–Crippen MR) is 97.9 cm³/mol. The summed E-state index contributed by atoms with van der Waals surface area (Å²) in [7, 11) is 0. The number of ketones is 1. The van der Waals surface area contributed by atoms with Gasteiger partial charge in [-0.1, -0.05) is 19.9 Å². The van der Waals surface area contributed by atoms with Crippen molar-refractivity contribution in [3.8, 4) is 0 Å². The maximum atomic E-state index is 14.5. The Kier molecular flexibility index (Phi) is 5.42. The van der Waals surface area contributed by atoms with Crippen LogP contribution in [-0.4, -0.2) is 18.0 Å². The van der Waals surface area contributed by atoms with E-state index in [1.54, 1.807) is 19.1 Å². The number of carbonyl (C=O) groups excluding carboxylic acids is 1. The van der Waals surface area contributed by atoms with Crippen molar-refractivity contribution in [1.29, 1.82) is 0 Å². The Morgan fingerprint density at radius 1 is 1.35 bits per heavy atom. The van der Waals surface area contributed by atoms with Crippen LogP contribution < -0.4 is 0 Å². The molecule has 3 rings (SSSR count). The molecule has 1 unspecified atom stereocenters. The van der Waals surface area contributed by atoms with E-state index in [9.17, 15) is 13.6 Å². The average molecular weight is 360 g/mol. The van der Waals surface area contributed by atoms with Gasteiger partial charge in [-0.15, -0.1) is 6.58 Å². The number of hydrogen-bond acceptors (Lipinski definition) is 2. The zero-order valence-corrected chi connectivity index (χ0v) is 15.5. The summed E-state index contributed by atoms with van der Waals surface area (Å²) < 4.78 is 34.7. The van der Waals surface area contributed by atoms with Crippen molar-refractivity contribution < 1.29 is 18.3 Å². The summed E-state index contributed by atoms with van der Waals surface area (Å²) in [6, 6.07) is 2.61. The lowest BCUT2D eigenvalue weighted by Gasteiger charge is -2.41. The summed E-state index contributed by atoms with van der Waals surface area (Å²) in [5, 5.41) is 0. The van der Waals surface area contributed by atoms with Gasteiger partial charge in [-0.05, 0) is 72.9 Å². The molecule has 1 saturated heterocycles. The minimum absolute atomic E-state index is 0.0574. The van der Waals surface area contributed by atoms with Crippen LogP contribution in [0.1, 0.15) is 44.2 Å². The normalized spacial score (nSPS) is 26.4. The predicted octanol–water partition coefficient (Wildman–Crippen LogP) is 4.96. The van der Waals surface area contributed by atoms with E-state index in [-0.39, 0.29) is 29.3 Å². The van der Waals surface area contributed by atoms with Crippen LogP contribution in [0.4, 0.5) is 8.78 Å². The van der Waals surface area contributed by atoms with Gasteiger partial charge >= 0.3 is 0 Å². The Bertz CT molecular complexity index is 753. The molecule has 2 aliphatic rings. The van der Waals surface area contributed by atoms with Gasteiger partial charge in [-0.2, -0.15) is 0 Å². The number of hydrogen-bond donors (Lipinski definition) is 0. The number of fused-ring (bicyclic) bond motifs is 1. The van der Waals surface area contributed by atoms with Crippen LogP contribution in [0.25, 0.3) is 0 Å². The Morgan fingerprint density at radius 2 is 2.04 bits per heavy atom. The molecule has 4 heteroatoms. The lowest BCUT2D eigenvalue weighted by molar-refractivity contribution is -0.123. The summed E-state index contributed by atoms with van der Waals surface area (Å²) >= 11 is 0. The first-order valence-corrected chi connectivity index (χ1v) is 9.37.